The van der Waals surface area contributed by atoms with Gasteiger partial charge in [-0.3, -0.25) is 4.79 Å². The highest BCUT2D eigenvalue weighted by molar-refractivity contribution is 5.79. The van der Waals surface area contributed by atoms with Gasteiger partial charge in [-0.25, -0.2) is 9.97 Å². The molecule has 0 aliphatic carbocycles. The van der Waals surface area contributed by atoms with Gasteiger partial charge in [-0.1, -0.05) is 0 Å². The maximum absolute atomic E-state index is 12.2. The van der Waals surface area contributed by atoms with E-state index in [1.165, 1.54) is 0 Å². The smallest absolute Gasteiger partial charge is 0.225 e. The zero-order chi connectivity index (χ0) is 14.5. The average Bonchev–Trinajstić information content (AvgIpc) is 2.57. The van der Waals surface area contributed by atoms with E-state index in [0.717, 1.165) is 57.8 Å². The maximum Gasteiger partial charge on any atom is 0.225 e. The average molecular weight is 289 g/mol. The Morgan fingerprint density at radius 3 is 2.48 bits per heavy atom. The molecule has 21 heavy (non-hydrogen) atoms. The van der Waals surface area contributed by atoms with Crippen LogP contribution in [0, 0.1) is 5.92 Å². The highest BCUT2D eigenvalue weighted by Crippen LogP contribution is 2.17. The normalized spacial score (nSPS) is 21.2. The lowest BCUT2D eigenvalue weighted by Gasteiger charge is -2.33. The van der Waals surface area contributed by atoms with Crippen LogP contribution < -0.4 is 15.5 Å². The topological polar surface area (TPSA) is 70.2 Å². The van der Waals surface area contributed by atoms with Gasteiger partial charge in [0.1, 0.15) is 0 Å². The Morgan fingerprint density at radius 1 is 1.14 bits per heavy atom. The molecule has 2 saturated heterocycles. The molecule has 2 fully saturated rings. The Balaban J connectivity index is 1.46. The molecule has 0 atom stereocenters. The summed E-state index contributed by atoms with van der Waals surface area (Å²) in [6.07, 6.45) is 7.40. The van der Waals surface area contributed by atoms with E-state index in [9.17, 15) is 4.79 Å². The second-order valence-electron chi connectivity index (χ2n) is 5.84. The Morgan fingerprint density at radius 2 is 1.81 bits per heavy atom. The number of anilines is 1. The highest BCUT2D eigenvalue weighted by atomic mass is 16.1. The third-order valence-corrected chi connectivity index (χ3v) is 4.39. The molecule has 3 heterocycles. The number of piperidine rings is 2. The molecule has 6 nitrogen and oxygen atoms in total. The van der Waals surface area contributed by atoms with Gasteiger partial charge >= 0.3 is 0 Å². The van der Waals surface area contributed by atoms with Crippen molar-refractivity contribution in [3.8, 4) is 0 Å². The minimum absolute atomic E-state index is 0.196. The van der Waals surface area contributed by atoms with Gasteiger partial charge in [0.15, 0.2) is 0 Å². The third kappa shape index (κ3) is 3.69. The summed E-state index contributed by atoms with van der Waals surface area (Å²) in [7, 11) is 0. The molecule has 2 aliphatic heterocycles. The van der Waals surface area contributed by atoms with E-state index in [2.05, 4.69) is 25.5 Å². The number of hydrogen-bond donors (Lipinski definition) is 2. The van der Waals surface area contributed by atoms with Crippen LogP contribution in [0.2, 0.25) is 0 Å². The predicted octanol–water partition coefficient (Wildman–Crippen LogP) is 0.561. The van der Waals surface area contributed by atoms with Crippen molar-refractivity contribution < 1.29 is 4.79 Å². The fourth-order valence-corrected chi connectivity index (χ4v) is 3.08. The number of amides is 1. The van der Waals surface area contributed by atoms with Gasteiger partial charge in [0, 0.05) is 37.4 Å². The van der Waals surface area contributed by atoms with Crippen LogP contribution in [0.5, 0.6) is 0 Å². The number of hydrogen-bond acceptors (Lipinski definition) is 5. The highest BCUT2D eigenvalue weighted by Gasteiger charge is 2.26. The summed E-state index contributed by atoms with van der Waals surface area (Å²) < 4.78 is 0. The number of aromatic nitrogens is 2. The molecule has 3 rings (SSSR count). The SMILES string of the molecule is O=C(NC1CCN(c2ncccn2)CC1)C1CCNCC1. The lowest BCUT2D eigenvalue weighted by molar-refractivity contribution is -0.126. The Hall–Kier alpha value is -1.69. The quantitative estimate of drug-likeness (QED) is 0.851. The van der Waals surface area contributed by atoms with Crippen molar-refractivity contribution in [3.05, 3.63) is 18.5 Å². The first-order valence-corrected chi connectivity index (χ1v) is 7.86. The molecule has 0 spiro atoms. The van der Waals surface area contributed by atoms with E-state index in [1.54, 1.807) is 12.4 Å². The Kier molecular flexibility index (Phi) is 4.65. The van der Waals surface area contributed by atoms with E-state index in [0.29, 0.717) is 6.04 Å². The summed E-state index contributed by atoms with van der Waals surface area (Å²) in [6, 6.07) is 2.13. The minimum Gasteiger partial charge on any atom is -0.353 e. The van der Waals surface area contributed by atoms with E-state index in [-0.39, 0.29) is 11.8 Å². The first-order chi connectivity index (χ1) is 10.3. The third-order valence-electron chi connectivity index (χ3n) is 4.39. The van der Waals surface area contributed by atoms with Crippen LogP contribution in [-0.4, -0.2) is 48.1 Å². The van der Waals surface area contributed by atoms with Crippen molar-refractivity contribution in [1.29, 1.82) is 0 Å². The van der Waals surface area contributed by atoms with Gasteiger partial charge in [-0.05, 0) is 44.8 Å². The van der Waals surface area contributed by atoms with E-state index < -0.39 is 0 Å². The molecule has 0 unspecified atom stereocenters. The molecule has 0 bridgehead atoms. The summed E-state index contributed by atoms with van der Waals surface area (Å²) in [4.78, 5) is 23.0. The van der Waals surface area contributed by atoms with Gasteiger partial charge in [0.2, 0.25) is 11.9 Å². The minimum atomic E-state index is 0.196. The summed E-state index contributed by atoms with van der Waals surface area (Å²) in [5.74, 6) is 1.23. The molecule has 0 aromatic carbocycles. The predicted molar refractivity (Wildman–Crippen MR) is 81.0 cm³/mol. The van der Waals surface area contributed by atoms with Crippen LogP contribution in [0.25, 0.3) is 0 Å². The molecule has 1 amide bonds. The van der Waals surface area contributed by atoms with Crippen LogP contribution in [-0.2, 0) is 4.79 Å². The number of carbonyl (C=O) groups is 1. The second kappa shape index (κ2) is 6.85. The molecule has 0 saturated carbocycles. The Labute approximate surface area is 125 Å². The van der Waals surface area contributed by atoms with Crippen molar-refractivity contribution in [2.24, 2.45) is 5.92 Å². The van der Waals surface area contributed by atoms with E-state index in [1.807, 2.05) is 6.07 Å². The number of nitrogens with one attached hydrogen (secondary N) is 2. The molecule has 2 N–H and O–H groups in total. The molecule has 6 heteroatoms. The fourth-order valence-electron chi connectivity index (χ4n) is 3.08. The van der Waals surface area contributed by atoms with Crippen molar-refractivity contribution >= 4 is 11.9 Å². The molecule has 2 aliphatic rings. The first-order valence-electron chi connectivity index (χ1n) is 7.86. The molecular weight excluding hydrogens is 266 g/mol. The molecule has 0 radical (unpaired) electrons. The zero-order valence-electron chi connectivity index (χ0n) is 12.3. The van der Waals surface area contributed by atoms with Crippen molar-refractivity contribution in [3.63, 3.8) is 0 Å². The molecule has 1 aromatic rings. The van der Waals surface area contributed by atoms with E-state index in [4.69, 9.17) is 0 Å². The number of carbonyl (C=O) groups excluding carboxylic acids is 1. The zero-order valence-corrected chi connectivity index (χ0v) is 12.3. The number of nitrogens with zero attached hydrogens (tertiary/aromatic N) is 3. The first kappa shape index (κ1) is 14.3. The van der Waals surface area contributed by atoms with Gasteiger partial charge in [-0.2, -0.15) is 0 Å². The van der Waals surface area contributed by atoms with E-state index >= 15 is 0 Å². The standard InChI is InChI=1S/C15H23N5O/c21-14(12-2-8-16-9-3-12)19-13-4-10-20(11-5-13)15-17-6-1-7-18-15/h1,6-7,12-13,16H,2-5,8-11H2,(H,19,21). The molecular formula is C15H23N5O. The summed E-state index contributed by atoms with van der Waals surface area (Å²) in [5, 5.41) is 6.52. The number of rotatable bonds is 3. The second-order valence-corrected chi connectivity index (χ2v) is 5.84. The van der Waals surface area contributed by atoms with Crippen molar-refractivity contribution in [2.45, 2.75) is 31.7 Å². The van der Waals surface area contributed by atoms with Crippen LogP contribution in [0.1, 0.15) is 25.7 Å². The van der Waals surface area contributed by atoms with Crippen LogP contribution in [0.3, 0.4) is 0 Å². The van der Waals surface area contributed by atoms with Crippen LogP contribution >= 0.6 is 0 Å². The van der Waals surface area contributed by atoms with Crippen molar-refractivity contribution in [2.75, 3.05) is 31.1 Å². The monoisotopic (exact) mass is 289 g/mol. The lowest BCUT2D eigenvalue weighted by Crippen LogP contribution is -2.48. The largest absolute Gasteiger partial charge is 0.353 e. The fraction of sp³-hybridized carbons (Fsp3) is 0.667. The summed E-state index contributed by atoms with van der Waals surface area (Å²) in [6.45, 7) is 3.73. The van der Waals surface area contributed by atoms with Crippen LogP contribution in [0.4, 0.5) is 5.95 Å². The van der Waals surface area contributed by atoms with Crippen LogP contribution in [0.15, 0.2) is 18.5 Å². The van der Waals surface area contributed by atoms with Gasteiger partial charge in [-0.15, -0.1) is 0 Å². The molecule has 114 valence electrons. The van der Waals surface area contributed by atoms with Crippen molar-refractivity contribution in [1.82, 2.24) is 20.6 Å². The summed E-state index contributed by atoms with van der Waals surface area (Å²) >= 11 is 0. The Bertz CT molecular complexity index is 452. The van der Waals surface area contributed by atoms with Gasteiger partial charge in [0.25, 0.3) is 0 Å². The maximum atomic E-state index is 12.2. The lowest BCUT2D eigenvalue weighted by atomic mass is 9.96. The molecule has 1 aromatic heterocycles. The van der Waals surface area contributed by atoms with Gasteiger partial charge < -0.3 is 15.5 Å². The van der Waals surface area contributed by atoms with Gasteiger partial charge in [0.05, 0.1) is 0 Å². The summed E-state index contributed by atoms with van der Waals surface area (Å²) in [5.41, 5.74) is 0.